The second kappa shape index (κ2) is 7.13. The highest BCUT2D eigenvalue weighted by molar-refractivity contribution is 5.98. The fourth-order valence-electron chi connectivity index (χ4n) is 3.39. The van der Waals surface area contributed by atoms with Crippen molar-refractivity contribution in [2.45, 2.75) is 32.2 Å². The molecule has 0 unspecified atom stereocenters. The van der Waals surface area contributed by atoms with Gasteiger partial charge >= 0.3 is 0 Å². The number of nitrogens with zero attached hydrogens (tertiary/aromatic N) is 2. The van der Waals surface area contributed by atoms with Crippen molar-refractivity contribution in [3.8, 4) is 0 Å². The molecule has 128 valence electrons. The van der Waals surface area contributed by atoms with Gasteiger partial charge in [0.25, 0.3) is 11.8 Å². The first-order valence-electron chi connectivity index (χ1n) is 8.30. The Balaban J connectivity index is 1.55. The lowest BCUT2D eigenvalue weighted by Gasteiger charge is -2.38. The maximum Gasteiger partial charge on any atom is 0.255 e. The quantitative estimate of drug-likeness (QED) is 0.773. The molecule has 0 aliphatic carbocycles. The standard InChI is InChI=1S/C18H22N2O4/c1-13-3-2-4-14(9-13)10-16(21)19-7-5-15(6-8-19)20-17(22)11-24-12-18(20)23/h2-4,9,15H,5-8,10-12H2,1H3. The number of rotatable bonds is 3. The van der Waals surface area contributed by atoms with E-state index in [0.29, 0.717) is 32.4 Å². The van der Waals surface area contributed by atoms with Crippen molar-refractivity contribution in [3.63, 3.8) is 0 Å². The van der Waals surface area contributed by atoms with Crippen molar-refractivity contribution >= 4 is 17.7 Å². The van der Waals surface area contributed by atoms with Gasteiger partial charge in [0.05, 0.1) is 6.42 Å². The maximum absolute atomic E-state index is 12.4. The molecule has 6 nitrogen and oxygen atoms in total. The maximum atomic E-state index is 12.4. The Morgan fingerprint density at radius 1 is 1.17 bits per heavy atom. The lowest BCUT2D eigenvalue weighted by Crippen LogP contribution is -2.55. The number of hydrogen-bond donors (Lipinski definition) is 0. The molecule has 0 radical (unpaired) electrons. The number of aryl methyl sites for hydroxylation is 1. The number of ether oxygens (including phenoxy) is 1. The van der Waals surface area contributed by atoms with E-state index in [-0.39, 0.29) is 37.0 Å². The molecule has 2 heterocycles. The molecule has 0 aromatic heterocycles. The van der Waals surface area contributed by atoms with Crippen LogP contribution in [0, 0.1) is 6.92 Å². The van der Waals surface area contributed by atoms with Crippen LogP contribution in [-0.2, 0) is 25.5 Å². The summed E-state index contributed by atoms with van der Waals surface area (Å²) in [5, 5.41) is 0. The van der Waals surface area contributed by atoms with E-state index in [1.165, 1.54) is 4.90 Å². The normalized spacial score (nSPS) is 19.7. The first kappa shape index (κ1) is 16.6. The van der Waals surface area contributed by atoms with E-state index in [1.54, 1.807) is 0 Å². The Morgan fingerprint density at radius 2 is 1.83 bits per heavy atom. The van der Waals surface area contributed by atoms with Crippen LogP contribution in [0.1, 0.15) is 24.0 Å². The van der Waals surface area contributed by atoms with E-state index < -0.39 is 0 Å². The number of piperidine rings is 1. The first-order chi connectivity index (χ1) is 11.5. The summed E-state index contributed by atoms with van der Waals surface area (Å²) < 4.78 is 4.95. The average molecular weight is 330 g/mol. The highest BCUT2D eigenvalue weighted by Gasteiger charge is 2.35. The fraction of sp³-hybridized carbons (Fsp3) is 0.500. The topological polar surface area (TPSA) is 66.9 Å². The first-order valence-corrected chi connectivity index (χ1v) is 8.30. The van der Waals surface area contributed by atoms with Crippen molar-refractivity contribution in [2.75, 3.05) is 26.3 Å². The third kappa shape index (κ3) is 3.64. The number of carbonyl (C=O) groups is 3. The number of likely N-dealkylation sites (tertiary alicyclic amines) is 1. The molecule has 6 heteroatoms. The number of hydrogen-bond acceptors (Lipinski definition) is 4. The molecule has 0 atom stereocenters. The Kier molecular flexibility index (Phi) is 4.94. The molecule has 2 saturated heterocycles. The monoisotopic (exact) mass is 330 g/mol. The highest BCUT2D eigenvalue weighted by atomic mass is 16.5. The molecule has 0 saturated carbocycles. The Labute approximate surface area is 141 Å². The summed E-state index contributed by atoms with van der Waals surface area (Å²) in [6, 6.07) is 7.84. The second-order valence-corrected chi connectivity index (χ2v) is 6.43. The molecular weight excluding hydrogens is 308 g/mol. The van der Waals surface area contributed by atoms with Crippen molar-refractivity contribution < 1.29 is 19.1 Å². The van der Waals surface area contributed by atoms with Crippen LogP contribution in [0.3, 0.4) is 0 Å². The lowest BCUT2D eigenvalue weighted by atomic mass is 10.0. The minimum absolute atomic E-state index is 0.0295. The van der Waals surface area contributed by atoms with Crippen molar-refractivity contribution in [2.24, 2.45) is 0 Å². The van der Waals surface area contributed by atoms with Crippen LogP contribution in [0.15, 0.2) is 24.3 Å². The molecule has 1 aromatic carbocycles. The molecule has 3 amide bonds. The van der Waals surface area contributed by atoms with Gasteiger partial charge in [-0.3, -0.25) is 19.3 Å². The zero-order chi connectivity index (χ0) is 17.1. The fourth-order valence-corrected chi connectivity index (χ4v) is 3.39. The van der Waals surface area contributed by atoms with Crippen LogP contribution < -0.4 is 0 Å². The van der Waals surface area contributed by atoms with Crippen LogP contribution in [-0.4, -0.2) is 59.9 Å². The SMILES string of the molecule is Cc1cccc(CC(=O)N2CCC(N3C(=O)COCC3=O)CC2)c1. The summed E-state index contributed by atoms with van der Waals surface area (Å²) in [5.74, 6) is -0.440. The Bertz CT molecular complexity index is 634. The number of benzene rings is 1. The minimum Gasteiger partial charge on any atom is -0.362 e. The predicted octanol–water partition coefficient (Wildman–Crippen LogP) is 0.914. The summed E-state index contributed by atoms with van der Waals surface area (Å²) in [4.78, 5) is 39.4. The van der Waals surface area contributed by atoms with Crippen molar-refractivity contribution in [1.29, 1.82) is 0 Å². The van der Waals surface area contributed by atoms with Gasteiger partial charge in [-0.2, -0.15) is 0 Å². The second-order valence-electron chi connectivity index (χ2n) is 6.43. The van der Waals surface area contributed by atoms with Gasteiger partial charge in [-0.05, 0) is 25.3 Å². The van der Waals surface area contributed by atoms with Gasteiger partial charge in [-0.25, -0.2) is 0 Å². The van der Waals surface area contributed by atoms with E-state index in [2.05, 4.69) is 0 Å². The molecule has 0 bridgehead atoms. The molecule has 1 aromatic rings. The third-order valence-corrected chi connectivity index (χ3v) is 4.61. The van der Waals surface area contributed by atoms with E-state index in [4.69, 9.17) is 4.74 Å². The highest BCUT2D eigenvalue weighted by Crippen LogP contribution is 2.20. The average Bonchev–Trinajstić information content (AvgIpc) is 2.55. The van der Waals surface area contributed by atoms with Crippen LogP contribution in [0.2, 0.25) is 0 Å². The van der Waals surface area contributed by atoms with Gasteiger partial charge < -0.3 is 9.64 Å². The van der Waals surface area contributed by atoms with Gasteiger partial charge in [-0.15, -0.1) is 0 Å². The molecule has 0 N–H and O–H groups in total. The molecular formula is C18H22N2O4. The van der Waals surface area contributed by atoms with Crippen LogP contribution in [0.25, 0.3) is 0 Å². The molecule has 0 spiro atoms. The molecule has 2 aliphatic rings. The van der Waals surface area contributed by atoms with Gasteiger partial charge in [0.2, 0.25) is 5.91 Å². The summed E-state index contributed by atoms with van der Waals surface area (Å²) >= 11 is 0. The van der Waals surface area contributed by atoms with Gasteiger partial charge in [0.1, 0.15) is 13.2 Å². The number of imide groups is 1. The predicted molar refractivity (Wildman–Crippen MR) is 87.2 cm³/mol. The zero-order valence-electron chi connectivity index (χ0n) is 13.9. The van der Waals surface area contributed by atoms with Crippen LogP contribution >= 0.6 is 0 Å². The Hall–Kier alpha value is -2.21. The number of amides is 3. The van der Waals surface area contributed by atoms with E-state index >= 15 is 0 Å². The van der Waals surface area contributed by atoms with Crippen molar-refractivity contribution in [3.05, 3.63) is 35.4 Å². The van der Waals surface area contributed by atoms with Gasteiger partial charge in [0.15, 0.2) is 0 Å². The van der Waals surface area contributed by atoms with E-state index in [9.17, 15) is 14.4 Å². The zero-order valence-corrected chi connectivity index (χ0v) is 13.9. The molecule has 24 heavy (non-hydrogen) atoms. The summed E-state index contributed by atoms with van der Waals surface area (Å²) in [7, 11) is 0. The molecule has 3 rings (SSSR count). The summed E-state index contributed by atoms with van der Waals surface area (Å²) in [6.07, 6.45) is 1.66. The minimum atomic E-state index is -0.268. The number of morpholine rings is 1. The summed E-state index contributed by atoms with van der Waals surface area (Å²) in [5.41, 5.74) is 2.16. The summed E-state index contributed by atoms with van der Waals surface area (Å²) in [6.45, 7) is 3.10. The van der Waals surface area contributed by atoms with Crippen molar-refractivity contribution in [1.82, 2.24) is 9.80 Å². The van der Waals surface area contributed by atoms with Gasteiger partial charge in [0, 0.05) is 19.1 Å². The van der Waals surface area contributed by atoms with E-state index in [0.717, 1.165) is 11.1 Å². The van der Waals surface area contributed by atoms with Crippen LogP contribution in [0.5, 0.6) is 0 Å². The van der Waals surface area contributed by atoms with Gasteiger partial charge in [-0.1, -0.05) is 29.8 Å². The third-order valence-electron chi connectivity index (χ3n) is 4.61. The Morgan fingerprint density at radius 3 is 2.46 bits per heavy atom. The number of carbonyl (C=O) groups excluding carboxylic acids is 3. The molecule has 2 fully saturated rings. The van der Waals surface area contributed by atoms with E-state index in [1.807, 2.05) is 36.1 Å². The smallest absolute Gasteiger partial charge is 0.255 e. The molecule has 2 aliphatic heterocycles. The lowest BCUT2D eigenvalue weighted by molar-refractivity contribution is -0.162. The largest absolute Gasteiger partial charge is 0.362 e. The van der Waals surface area contributed by atoms with Crippen LogP contribution in [0.4, 0.5) is 0 Å².